The Labute approximate surface area is 142 Å². The van der Waals surface area contributed by atoms with Crippen LogP contribution < -0.4 is 5.32 Å². The number of nitrogens with zero attached hydrogens (tertiary/aromatic N) is 1. The monoisotopic (exact) mass is 330 g/mol. The third-order valence-corrected chi connectivity index (χ3v) is 4.60. The summed E-state index contributed by atoms with van der Waals surface area (Å²) in [5, 5.41) is 4.29. The van der Waals surface area contributed by atoms with Gasteiger partial charge in [-0.2, -0.15) is 0 Å². The number of ether oxygens (including phenoxy) is 2. The molecule has 0 saturated carbocycles. The van der Waals surface area contributed by atoms with Gasteiger partial charge in [-0.05, 0) is 50.3 Å². The fourth-order valence-electron chi connectivity index (χ4n) is 3.33. The second-order valence-corrected chi connectivity index (χ2v) is 7.05. The van der Waals surface area contributed by atoms with Crippen LogP contribution in [0.5, 0.6) is 0 Å². The Kier molecular flexibility index (Phi) is 4.92. The SMILES string of the molecule is COCCn1ccc2ccc(C(=O)NC3CCOC(C)(C)C3)cc21. The average molecular weight is 330 g/mol. The molecule has 0 bridgehead atoms. The van der Waals surface area contributed by atoms with Gasteiger partial charge in [0.05, 0.1) is 12.2 Å². The van der Waals surface area contributed by atoms with Crippen LogP contribution in [0.3, 0.4) is 0 Å². The van der Waals surface area contributed by atoms with Gasteiger partial charge in [-0.15, -0.1) is 0 Å². The highest BCUT2D eigenvalue weighted by Gasteiger charge is 2.29. The van der Waals surface area contributed by atoms with Gasteiger partial charge < -0.3 is 19.4 Å². The van der Waals surface area contributed by atoms with Gasteiger partial charge in [0.25, 0.3) is 5.91 Å². The zero-order valence-corrected chi connectivity index (χ0v) is 14.7. The van der Waals surface area contributed by atoms with Crippen LogP contribution in [-0.4, -0.2) is 42.4 Å². The molecule has 1 unspecified atom stereocenters. The van der Waals surface area contributed by atoms with Crippen molar-refractivity contribution in [3.63, 3.8) is 0 Å². The summed E-state index contributed by atoms with van der Waals surface area (Å²) in [5.74, 6) is -0.0147. The molecule has 1 atom stereocenters. The zero-order chi connectivity index (χ0) is 17.2. The molecule has 1 saturated heterocycles. The van der Waals surface area contributed by atoms with Crippen molar-refractivity contribution in [2.75, 3.05) is 20.3 Å². The molecule has 5 nitrogen and oxygen atoms in total. The van der Waals surface area contributed by atoms with Crippen molar-refractivity contribution in [2.24, 2.45) is 0 Å². The van der Waals surface area contributed by atoms with E-state index in [1.54, 1.807) is 7.11 Å². The first-order valence-corrected chi connectivity index (χ1v) is 8.51. The summed E-state index contributed by atoms with van der Waals surface area (Å²) in [6.45, 7) is 6.26. The Balaban J connectivity index is 1.74. The molecule has 3 rings (SSSR count). The van der Waals surface area contributed by atoms with E-state index in [4.69, 9.17) is 9.47 Å². The molecule has 5 heteroatoms. The van der Waals surface area contributed by atoms with E-state index in [0.717, 1.165) is 30.3 Å². The summed E-state index contributed by atoms with van der Waals surface area (Å²) < 4.78 is 13.0. The first-order chi connectivity index (χ1) is 11.5. The molecule has 0 aliphatic carbocycles. The standard InChI is InChI=1S/C19H26N2O3/c1-19(2)13-16(7-10-24-19)20-18(22)15-5-4-14-6-8-21(9-11-23-3)17(14)12-15/h4-6,8,12,16H,7,9-11,13H2,1-3H3,(H,20,22). The van der Waals surface area contributed by atoms with Gasteiger partial charge in [-0.3, -0.25) is 4.79 Å². The number of benzene rings is 1. The number of amides is 1. The van der Waals surface area contributed by atoms with E-state index in [-0.39, 0.29) is 17.6 Å². The van der Waals surface area contributed by atoms with E-state index >= 15 is 0 Å². The molecular weight excluding hydrogens is 304 g/mol. The van der Waals surface area contributed by atoms with E-state index in [2.05, 4.69) is 29.8 Å². The minimum absolute atomic E-state index is 0.0147. The highest BCUT2D eigenvalue weighted by Crippen LogP contribution is 2.24. The molecule has 24 heavy (non-hydrogen) atoms. The summed E-state index contributed by atoms with van der Waals surface area (Å²) in [5.41, 5.74) is 1.59. The summed E-state index contributed by atoms with van der Waals surface area (Å²) in [4.78, 5) is 12.6. The summed E-state index contributed by atoms with van der Waals surface area (Å²) in [7, 11) is 1.69. The van der Waals surface area contributed by atoms with E-state index < -0.39 is 0 Å². The Bertz CT molecular complexity index is 720. The molecule has 0 spiro atoms. The first-order valence-electron chi connectivity index (χ1n) is 8.51. The van der Waals surface area contributed by atoms with Crippen molar-refractivity contribution in [3.05, 3.63) is 36.0 Å². The summed E-state index contributed by atoms with van der Waals surface area (Å²) in [6, 6.07) is 8.08. The number of carbonyl (C=O) groups excluding carboxylic acids is 1. The number of hydrogen-bond donors (Lipinski definition) is 1. The Morgan fingerprint density at radius 1 is 1.42 bits per heavy atom. The normalized spacial score (nSPS) is 20.2. The van der Waals surface area contributed by atoms with Gasteiger partial charge >= 0.3 is 0 Å². The van der Waals surface area contributed by atoms with E-state index in [9.17, 15) is 4.79 Å². The topological polar surface area (TPSA) is 52.5 Å². The maximum absolute atomic E-state index is 12.6. The molecular formula is C19H26N2O3. The van der Waals surface area contributed by atoms with Crippen LogP contribution in [0.4, 0.5) is 0 Å². The fourth-order valence-corrected chi connectivity index (χ4v) is 3.33. The van der Waals surface area contributed by atoms with Crippen molar-refractivity contribution in [1.82, 2.24) is 9.88 Å². The molecule has 2 aromatic rings. The van der Waals surface area contributed by atoms with Crippen molar-refractivity contribution in [2.45, 2.75) is 44.9 Å². The first kappa shape index (κ1) is 17.0. The fraction of sp³-hybridized carbons (Fsp3) is 0.526. The van der Waals surface area contributed by atoms with E-state index in [1.165, 1.54) is 0 Å². The lowest BCUT2D eigenvalue weighted by Crippen LogP contribution is -2.45. The molecule has 1 aromatic carbocycles. The van der Waals surface area contributed by atoms with Gasteiger partial charge in [0.15, 0.2) is 0 Å². The molecule has 1 N–H and O–H groups in total. The second-order valence-electron chi connectivity index (χ2n) is 7.05. The highest BCUT2D eigenvalue weighted by atomic mass is 16.5. The Morgan fingerprint density at radius 2 is 2.25 bits per heavy atom. The molecule has 2 heterocycles. The van der Waals surface area contributed by atoms with E-state index in [0.29, 0.717) is 18.8 Å². The average Bonchev–Trinajstić information content (AvgIpc) is 2.94. The number of carbonyl (C=O) groups is 1. The number of rotatable bonds is 5. The minimum Gasteiger partial charge on any atom is -0.383 e. The zero-order valence-electron chi connectivity index (χ0n) is 14.7. The smallest absolute Gasteiger partial charge is 0.251 e. The van der Waals surface area contributed by atoms with Gasteiger partial charge in [-0.25, -0.2) is 0 Å². The van der Waals surface area contributed by atoms with Crippen LogP contribution in [0.25, 0.3) is 10.9 Å². The molecule has 1 aliphatic heterocycles. The van der Waals surface area contributed by atoms with E-state index in [1.807, 2.05) is 24.4 Å². The van der Waals surface area contributed by atoms with Gasteiger partial charge in [0.1, 0.15) is 0 Å². The molecule has 1 fully saturated rings. The number of aromatic nitrogens is 1. The van der Waals surface area contributed by atoms with Crippen LogP contribution in [0, 0.1) is 0 Å². The maximum Gasteiger partial charge on any atom is 0.251 e. The van der Waals surface area contributed by atoms with Gasteiger partial charge in [0, 0.05) is 43.6 Å². The minimum atomic E-state index is -0.172. The third kappa shape index (κ3) is 3.79. The van der Waals surface area contributed by atoms with Crippen molar-refractivity contribution in [3.8, 4) is 0 Å². The predicted molar refractivity (Wildman–Crippen MR) is 94.3 cm³/mol. The molecule has 1 amide bonds. The lowest BCUT2D eigenvalue weighted by atomic mass is 9.93. The lowest BCUT2D eigenvalue weighted by Gasteiger charge is -2.35. The van der Waals surface area contributed by atoms with Crippen molar-refractivity contribution < 1.29 is 14.3 Å². The quantitative estimate of drug-likeness (QED) is 0.917. The predicted octanol–water partition coefficient (Wildman–Crippen LogP) is 2.98. The number of hydrogen-bond acceptors (Lipinski definition) is 3. The summed E-state index contributed by atoms with van der Waals surface area (Å²) >= 11 is 0. The van der Waals surface area contributed by atoms with Crippen molar-refractivity contribution >= 4 is 16.8 Å². The van der Waals surface area contributed by atoms with Crippen LogP contribution >= 0.6 is 0 Å². The molecule has 130 valence electrons. The Hall–Kier alpha value is -1.85. The largest absolute Gasteiger partial charge is 0.383 e. The highest BCUT2D eigenvalue weighted by molar-refractivity contribution is 5.98. The maximum atomic E-state index is 12.6. The number of fused-ring (bicyclic) bond motifs is 1. The number of methoxy groups -OCH3 is 1. The van der Waals surface area contributed by atoms with Crippen molar-refractivity contribution in [1.29, 1.82) is 0 Å². The molecule has 0 radical (unpaired) electrons. The van der Waals surface area contributed by atoms with Crippen LogP contribution in [0.2, 0.25) is 0 Å². The second kappa shape index (κ2) is 6.95. The van der Waals surface area contributed by atoms with Crippen LogP contribution in [0.15, 0.2) is 30.5 Å². The van der Waals surface area contributed by atoms with Gasteiger partial charge in [-0.1, -0.05) is 6.07 Å². The lowest BCUT2D eigenvalue weighted by molar-refractivity contribution is -0.0615. The van der Waals surface area contributed by atoms with Crippen LogP contribution in [0.1, 0.15) is 37.0 Å². The molecule has 1 aliphatic rings. The molecule has 1 aromatic heterocycles. The van der Waals surface area contributed by atoms with Crippen LogP contribution in [-0.2, 0) is 16.0 Å². The third-order valence-electron chi connectivity index (χ3n) is 4.60. The Morgan fingerprint density at radius 3 is 3.00 bits per heavy atom. The van der Waals surface area contributed by atoms with Gasteiger partial charge in [0.2, 0.25) is 0 Å². The summed E-state index contributed by atoms with van der Waals surface area (Å²) in [6.07, 6.45) is 3.74. The number of nitrogens with one attached hydrogen (secondary N) is 1.